The summed E-state index contributed by atoms with van der Waals surface area (Å²) in [4.78, 5) is 3.96. The van der Waals surface area contributed by atoms with Gasteiger partial charge in [-0.1, -0.05) is 6.07 Å². The lowest BCUT2D eigenvalue weighted by Crippen LogP contribution is -2.12. The molecule has 1 heterocycles. The predicted octanol–water partition coefficient (Wildman–Crippen LogP) is 2.52. The van der Waals surface area contributed by atoms with E-state index in [0.717, 1.165) is 12.1 Å². The van der Waals surface area contributed by atoms with E-state index in [1.54, 1.807) is 24.5 Å². The third kappa shape index (κ3) is 3.28. The summed E-state index contributed by atoms with van der Waals surface area (Å²) in [6, 6.07) is 8.78. The van der Waals surface area contributed by atoms with Gasteiger partial charge in [0.25, 0.3) is 0 Å². The van der Waals surface area contributed by atoms with Gasteiger partial charge in [-0.05, 0) is 35.4 Å². The standard InChI is InChI=1S/C14H15FN2O/c1-18-14-8-12(2-3-13(14)15)10-17-9-11-4-6-16-7-5-11/h2-8,17H,9-10H2,1H3. The van der Waals surface area contributed by atoms with Crippen LogP contribution in [0.25, 0.3) is 0 Å². The Morgan fingerprint density at radius 1 is 1.11 bits per heavy atom. The van der Waals surface area contributed by atoms with E-state index in [2.05, 4.69) is 10.3 Å². The second-order valence-electron chi connectivity index (χ2n) is 3.93. The van der Waals surface area contributed by atoms with Crippen molar-refractivity contribution < 1.29 is 9.13 Å². The molecule has 0 amide bonds. The first kappa shape index (κ1) is 12.5. The molecule has 1 aromatic carbocycles. The van der Waals surface area contributed by atoms with E-state index in [-0.39, 0.29) is 11.6 Å². The highest BCUT2D eigenvalue weighted by atomic mass is 19.1. The zero-order chi connectivity index (χ0) is 12.8. The number of ether oxygens (including phenoxy) is 1. The lowest BCUT2D eigenvalue weighted by molar-refractivity contribution is 0.385. The van der Waals surface area contributed by atoms with Gasteiger partial charge in [0.15, 0.2) is 11.6 Å². The number of halogens is 1. The van der Waals surface area contributed by atoms with Crippen molar-refractivity contribution in [3.63, 3.8) is 0 Å². The SMILES string of the molecule is COc1cc(CNCc2ccncc2)ccc1F. The van der Waals surface area contributed by atoms with E-state index in [9.17, 15) is 4.39 Å². The molecule has 18 heavy (non-hydrogen) atoms. The summed E-state index contributed by atoms with van der Waals surface area (Å²) < 4.78 is 18.1. The molecule has 2 rings (SSSR count). The maximum atomic E-state index is 13.2. The quantitative estimate of drug-likeness (QED) is 0.880. The van der Waals surface area contributed by atoms with E-state index < -0.39 is 0 Å². The Morgan fingerprint density at radius 3 is 2.56 bits per heavy atom. The first-order valence-corrected chi connectivity index (χ1v) is 5.71. The summed E-state index contributed by atoms with van der Waals surface area (Å²) >= 11 is 0. The molecule has 0 saturated carbocycles. The maximum Gasteiger partial charge on any atom is 0.165 e. The smallest absolute Gasteiger partial charge is 0.165 e. The Labute approximate surface area is 106 Å². The predicted molar refractivity (Wildman–Crippen MR) is 67.7 cm³/mol. The second-order valence-corrected chi connectivity index (χ2v) is 3.93. The Balaban J connectivity index is 1.91. The molecular formula is C14H15FN2O. The fourth-order valence-electron chi connectivity index (χ4n) is 1.67. The topological polar surface area (TPSA) is 34.1 Å². The minimum Gasteiger partial charge on any atom is -0.494 e. The van der Waals surface area contributed by atoms with Gasteiger partial charge in [-0.3, -0.25) is 4.98 Å². The average Bonchev–Trinajstić information content (AvgIpc) is 2.42. The van der Waals surface area contributed by atoms with Crippen molar-refractivity contribution in [1.82, 2.24) is 10.3 Å². The normalized spacial score (nSPS) is 10.3. The van der Waals surface area contributed by atoms with Crippen LogP contribution in [0, 0.1) is 5.82 Å². The van der Waals surface area contributed by atoms with Crippen LogP contribution in [0.3, 0.4) is 0 Å². The second kappa shape index (κ2) is 6.12. The maximum absolute atomic E-state index is 13.2. The third-order valence-corrected chi connectivity index (χ3v) is 2.62. The minimum absolute atomic E-state index is 0.276. The first-order chi connectivity index (χ1) is 8.79. The Bertz CT molecular complexity index is 502. The van der Waals surface area contributed by atoms with E-state index >= 15 is 0 Å². The molecule has 0 bridgehead atoms. The van der Waals surface area contributed by atoms with Crippen LogP contribution < -0.4 is 10.1 Å². The summed E-state index contributed by atoms with van der Waals surface area (Å²) in [5.41, 5.74) is 2.15. The van der Waals surface area contributed by atoms with E-state index in [4.69, 9.17) is 4.74 Å². The van der Waals surface area contributed by atoms with E-state index in [1.807, 2.05) is 12.1 Å². The molecule has 0 aliphatic rings. The van der Waals surface area contributed by atoms with Gasteiger partial charge >= 0.3 is 0 Å². The molecule has 0 spiro atoms. The highest BCUT2D eigenvalue weighted by Gasteiger charge is 2.03. The number of nitrogens with one attached hydrogen (secondary N) is 1. The molecule has 0 fully saturated rings. The van der Waals surface area contributed by atoms with Gasteiger partial charge in [-0.2, -0.15) is 0 Å². The van der Waals surface area contributed by atoms with Crippen molar-refractivity contribution in [3.8, 4) is 5.75 Å². The summed E-state index contributed by atoms with van der Waals surface area (Å²) in [5.74, 6) is -0.0615. The van der Waals surface area contributed by atoms with Crippen molar-refractivity contribution in [2.24, 2.45) is 0 Å². The molecule has 3 nitrogen and oxygen atoms in total. The Hall–Kier alpha value is -1.94. The molecule has 1 aromatic heterocycles. The number of methoxy groups -OCH3 is 1. The summed E-state index contributed by atoms with van der Waals surface area (Å²) in [7, 11) is 1.46. The fraction of sp³-hybridized carbons (Fsp3) is 0.214. The van der Waals surface area contributed by atoms with Gasteiger partial charge in [-0.15, -0.1) is 0 Å². The van der Waals surface area contributed by atoms with Crippen LogP contribution in [0.4, 0.5) is 4.39 Å². The Morgan fingerprint density at radius 2 is 1.83 bits per heavy atom. The summed E-state index contributed by atoms with van der Waals surface area (Å²) in [6.07, 6.45) is 3.52. The van der Waals surface area contributed by atoms with Crippen LogP contribution >= 0.6 is 0 Å². The first-order valence-electron chi connectivity index (χ1n) is 5.71. The number of benzene rings is 1. The zero-order valence-electron chi connectivity index (χ0n) is 10.2. The van der Waals surface area contributed by atoms with Crippen LogP contribution in [-0.2, 0) is 13.1 Å². The number of pyridine rings is 1. The average molecular weight is 246 g/mol. The molecule has 0 aliphatic carbocycles. The van der Waals surface area contributed by atoms with Crippen molar-refractivity contribution >= 4 is 0 Å². The van der Waals surface area contributed by atoms with E-state index in [1.165, 1.54) is 18.7 Å². The fourth-order valence-corrected chi connectivity index (χ4v) is 1.67. The van der Waals surface area contributed by atoms with Crippen molar-refractivity contribution in [2.75, 3.05) is 7.11 Å². The monoisotopic (exact) mass is 246 g/mol. The number of hydrogen-bond donors (Lipinski definition) is 1. The van der Waals surface area contributed by atoms with Crippen LogP contribution in [0.15, 0.2) is 42.7 Å². The molecule has 0 radical (unpaired) electrons. The van der Waals surface area contributed by atoms with Crippen molar-refractivity contribution in [3.05, 3.63) is 59.7 Å². The van der Waals surface area contributed by atoms with Gasteiger partial charge in [0.2, 0.25) is 0 Å². The molecule has 0 atom stereocenters. The third-order valence-electron chi connectivity index (χ3n) is 2.62. The minimum atomic E-state index is -0.338. The molecule has 2 aromatic rings. The number of nitrogens with zero attached hydrogens (tertiary/aromatic N) is 1. The van der Waals surface area contributed by atoms with Crippen molar-refractivity contribution in [2.45, 2.75) is 13.1 Å². The van der Waals surface area contributed by atoms with Crippen molar-refractivity contribution in [1.29, 1.82) is 0 Å². The van der Waals surface area contributed by atoms with E-state index in [0.29, 0.717) is 6.54 Å². The highest BCUT2D eigenvalue weighted by molar-refractivity contribution is 5.30. The summed E-state index contributed by atoms with van der Waals surface area (Å²) in [6.45, 7) is 1.42. The lowest BCUT2D eigenvalue weighted by Gasteiger charge is -2.07. The molecule has 0 unspecified atom stereocenters. The zero-order valence-corrected chi connectivity index (χ0v) is 10.2. The number of aromatic nitrogens is 1. The molecule has 94 valence electrons. The molecule has 1 N–H and O–H groups in total. The molecule has 0 aliphatic heterocycles. The number of rotatable bonds is 5. The van der Waals surface area contributed by atoms with Gasteiger partial charge in [-0.25, -0.2) is 4.39 Å². The largest absolute Gasteiger partial charge is 0.494 e. The highest BCUT2D eigenvalue weighted by Crippen LogP contribution is 2.18. The molecule has 0 saturated heterocycles. The molecular weight excluding hydrogens is 231 g/mol. The van der Waals surface area contributed by atoms with Crippen LogP contribution in [0.1, 0.15) is 11.1 Å². The van der Waals surface area contributed by atoms with Gasteiger partial charge in [0.1, 0.15) is 0 Å². The van der Waals surface area contributed by atoms with Gasteiger partial charge < -0.3 is 10.1 Å². The van der Waals surface area contributed by atoms with Crippen LogP contribution in [0.2, 0.25) is 0 Å². The lowest BCUT2D eigenvalue weighted by atomic mass is 10.2. The molecule has 4 heteroatoms. The number of hydrogen-bond acceptors (Lipinski definition) is 3. The summed E-state index contributed by atoms with van der Waals surface area (Å²) in [5, 5.41) is 3.28. The Kier molecular flexibility index (Phi) is 4.25. The van der Waals surface area contributed by atoms with Crippen LogP contribution in [-0.4, -0.2) is 12.1 Å². The van der Waals surface area contributed by atoms with Gasteiger partial charge in [0.05, 0.1) is 7.11 Å². The van der Waals surface area contributed by atoms with Crippen LogP contribution in [0.5, 0.6) is 5.75 Å². The van der Waals surface area contributed by atoms with Gasteiger partial charge in [0, 0.05) is 25.5 Å².